The van der Waals surface area contributed by atoms with Gasteiger partial charge in [0.05, 0.1) is 6.54 Å². The zero-order chi connectivity index (χ0) is 17.9. The summed E-state index contributed by atoms with van der Waals surface area (Å²) < 4.78 is 1.83. The van der Waals surface area contributed by atoms with Gasteiger partial charge >= 0.3 is 0 Å². The van der Waals surface area contributed by atoms with Crippen molar-refractivity contribution >= 4 is 11.8 Å². The predicted molar refractivity (Wildman–Crippen MR) is 95.1 cm³/mol. The molecule has 1 aliphatic carbocycles. The molecule has 3 fully saturated rings. The third-order valence-electron chi connectivity index (χ3n) is 5.79. The summed E-state index contributed by atoms with van der Waals surface area (Å²) >= 11 is 0. The normalized spacial score (nSPS) is 24.7. The minimum atomic E-state index is -0.224. The van der Waals surface area contributed by atoms with Gasteiger partial charge in [-0.05, 0) is 32.1 Å². The SMILES string of the molecule is O=C([C@@H]1CCCCN1C(=O)C1CC1)N1CCN(CCn2cncn2)CC1. The van der Waals surface area contributed by atoms with E-state index >= 15 is 0 Å². The Labute approximate surface area is 154 Å². The number of aromatic nitrogens is 3. The third-order valence-corrected chi connectivity index (χ3v) is 5.79. The molecule has 8 nitrogen and oxygen atoms in total. The summed E-state index contributed by atoms with van der Waals surface area (Å²) in [5.74, 6) is 0.571. The van der Waals surface area contributed by atoms with E-state index < -0.39 is 0 Å². The molecule has 8 heteroatoms. The van der Waals surface area contributed by atoms with Crippen LogP contribution in [0.15, 0.2) is 12.7 Å². The highest BCUT2D eigenvalue weighted by molar-refractivity contribution is 5.89. The molecule has 2 aliphatic heterocycles. The average Bonchev–Trinajstić information content (AvgIpc) is 3.41. The Balaban J connectivity index is 1.28. The molecular weight excluding hydrogens is 332 g/mol. The molecule has 0 N–H and O–H groups in total. The number of carbonyl (C=O) groups is 2. The van der Waals surface area contributed by atoms with E-state index in [4.69, 9.17) is 0 Å². The predicted octanol–water partition coefficient (Wildman–Crippen LogP) is 0.213. The van der Waals surface area contributed by atoms with Gasteiger partial charge < -0.3 is 9.80 Å². The lowest BCUT2D eigenvalue weighted by molar-refractivity contribution is -0.149. The second-order valence-electron chi connectivity index (χ2n) is 7.64. The molecule has 1 saturated carbocycles. The van der Waals surface area contributed by atoms with E-state index in [-0.39, 0.29) is 23.8 Å². The number of carbonyl (C=O) groups excluding carboxylic acids is 2. The molecule has 2 amide bonds. The highest BCUT2D eigenvalue weighted by Gasteiger charge is 2.41. The van der Waals surface area contributed by atoms with E-state index in [9.17, 15) is 9.59 Å². The molecule has 1 aromatic rings. The smallest absolute Gasteiger partial charge is 0.245 e. The van der Waals surface area contributed by atoms with Crippen molar-refractivity contribution in [3.63, 3.8) is 0 Å². The van der Waals surface area contributed by atoms with Crippen molar-refractivity contribution in [1.82, 2.24) is 29.5 Å². The first-order valence-corrected chi connectivity index (χ1v) is 9.86. The van der Waals surface area contributed by atoms with Crippen LogP contribution in [0.5, 0.6) is 0 Å². The summed E-state index contributed by atoms with van der Waals surface area (Å²) in [4.78, 5) is 35.8. The molecule has 0 unspecified atom stereocenters. The van der Waals surface area contributed by atoms with Crippen LogP contribution < -0.4 is 0 Å². The largest absolute Gasteiger partial charge is 0.338 e. The number of likely N-dealkylation sites (tertiary alicyclic amines) is 1. The Morgan fingerprint density at radius 3 is 2.42 bits per heavy atom. The number of amides is 2. The average molecular weight is 360 g/mol. The Morgan fingerprint density at radius 2 is 1.73 bits per heavy atom. The van der Waals surface area contributed by atoms with Gasteiger partial charge in [-0.2, -0.15) is 5.10 Å². The van der Waals surface area contributed by atoms with Gasteiger partial charge in [0, 0.05) is 45.2 Å². The van der Waals surface area contributed by atoms with E-state index in [1.165, 1.54) is 0 Å². The van der Waals surface area contributed by atoms with E-state index in [0.29, 0.717) is 0 Å². The summed E-state index contributed by atoms with van der Waals surface area (Å²) in [5, 5.41) is 4.13. The monoisotopic (exact) mass is 360 g/mol. The van der Waals surface area contributed by atoms with Crippen molar-refractivity contribution in [2.75, 3.05) is 39.3 Å². The van der Waals surface area contributed by atoms with E-state index in [0.717, 1.165) is 77.9 Å². The van der Waals surface area contributed by atoms with Gasteiger partial charge in [0.1, 0.15) is 18.7 Å². The second kappa shape index (κ2) is 7.73. The van der Waals surface area contributed by atoms with Crippen LogP contribution in [0, 0.1) is 5.92 Å². The molecule has 26 heavy (non-hydrogen) atoms. The molecule has 1 aromatic heterocycles. The molecular formula is C18H28N6O2. The molecule has 0 aromatic carbocycles. The zero-order valence-electron chi connectivity index (χ0n) is 15.3. The molecule has 2 saturated heterocycles. The van der Waals surface area contributed by atoms with Crippen LogP contribution in [0.25, 0.3) is 0 Å². The lowest BCUT2D eigenvalue weighted by Crippen LogP contribution is -2.57. The van der Waals surface area contributed by atoms with E-state index in [1.54, 1.807) is 12.7 Å². The van der Waals surface area contributed by atoms with Gasteiger partial charge in [-0.25, -0.2) is 4.98 Å². The van der Waals surface area contributed by atoms with Gasteiger partial charge in [0.15, 0.2) is 0 Å². The lowest BCUT2D eigenvalue weighted by Gasteiger charge is -2.41. The number of hydrogen-bond acceptors (Lipinski definition) is 5. The first kappa shape index (κ1) is 17.5. The molecule has 3 aliphatic rings. The first-order chi connectivity index (χ1) is 12.7. The summed E-state index contributed by atoms with van der Waals surface area (Å²) in [7, 11) is 0. The highest BCUT2D eigenvalue weighted by atomic mass is 16.2. The minimum absolute atomic E-state index is 0.162. The van der Waals surface area contributed by atoms with Crippen LogP contribution in [-0.2, 0) is 16.1 Å². The van der Waals surface area contributed by atoms with E-state index in [1.807, 2.05) is 14.5 Å². The number of piperazine rings is 1. The molecule has 142 valence electrons. The van der Waals surface area contributed by atoms with Crippen molar-refractivity contribution in [3.8, 4) is 0 Å². The van der Waals surface area contributed by atoms with Crippen LogP contribution in [-0.4, -0.2) is 86.6 Å². The van der Waals surface area contributed by atoms with Crippen molar-refractivity contribution in [1.29, 1.82) is 0 Å². The molecule has 0 radical (unpaired) electrons. The standard InChI is InChI=1S/C18H28N6O2/c25-17(15-4-5-15)24-6-2-1-3-16(24)18(26)22-10-7-21(8-11-22)9-12-23-14-19-13-20-23/h13-16H,1-12H2/t16-/m0/s1. The van der Waals surface area contributed by atoms with E-state index in [2.05, 4.69) is 15.0 Å². The zero-order valence-corrected chi connectivity index (χ0v) is 15.3. The second-order valence-corrected chi connectivity index (χ2v) is 7.64. The highest BCUT2D eigenvalue weighted by Crippen LogP contribution is 2.33. The Hall–Kier alpha value is -1.96. The quantitative estimate of drug-likeness (QED) is 0.751. The van der Waals surface area contributed by atoms with Gasteiger partial charge in [-0.1, -0.05) is 0 Å². The van der Waals surface area contributed by atoms with Gasteiger partial charge in [0.25, 0.3) is 0 Å². The number of rotatable bonds is 5. The molecule has 3 heterocycles. The third kappa shape index (κ3) is 3.90. The van der Waals surface area contributed by atoms with Crippen LogP contribution in [0.2, 0.25) is 0 Å². The topological polar surface area (TPSA) is 74.6 Å². The minimum Gasteiger partial charge on any atom is -0.338 e. The summed E-state index contributed by atoms with van der Waals surface area (Å²) in [6.45, 7) is 5.74. The summed E-state index contributed by atoms with van der Waals surface area (Å²) in [5.41, 5.74) is 0. The lowest BCUT2D eigenvalue weighted by atomic mass is 9.99. The Kier molecular flexibility index (Phi) is 5.19. The summed E-state index contributed by atoms with van der Waals surface area (Å²) in [6.07, 6.45) is 8.18. The molecule has 1 atom stereocenters. The maximum absolute atomic E-state index is 13.1. The van der Waals surface area contributed by atoms with Crippen LogP contribution in [0.1, 0.15) is 32.1 Å². The maximum atomic E-state index is 13.1. The molecule has 4 rings (SSSR count). The fraction of sp³-hybridized carbons (Fsp3) is 0.778. The van der Waals surface area contributed by atoms with Crippen molar-refractivity contribution < 1.29 is 9.59 Å². The summed E-state index contributed by atoms with van der Waals surface area (Å²) in [6, 6.07) is -0.224. The van der Waals surface area contributed by atoms with Crippen molar-refractivity contribution in [3.05, 3.63) is 12.7 Å². The number of piperidine rings is 1. The maximum Gasteiger partial charge on any atom is 0.245 e. The van der Waals surface area contributed by atoms with Crippen LogP contribution in [0.3, 0.4) is 0 Å². The number of nitrogens with zero attached hydrogens (tertiary/aromatic N) is 6. The first-order valence-electron chi connectivity index (χ1n) is 9.86. The fourth-order valence-electron chi connectivity index (χ4n) is 4.01. The number of hydrogen-bond donors (Lipinski definition) is 0. The fourth-order valence-corrected chi connectivity index (χ4v) is 4.01. The van der Waals surface area contributed by atoms with Crippen LogP contribution >= 0.6 is 0 Å². The van der Waals surface area contributed by atoms with Crippen molar-refractivity contribution in [2.45, 2.75) is 44.7 Å². The van der Waals surface area contributed by atoms with Gasteiger partial charge in [-0.15, -0.1) is 0 Å². The van der Waals surface area contributed by atoms with Crippen LogP contribution in [0.4, 0.5) is 0 Å². The molecule has 0 spiro atoms. The Bertz CT molecular complexity index is 622. The van der Waals surface area contributed by atoms with Gasteiger partial charge in [0.2, 0.25) is 11.8 Å². The van der Waals surface area contributed by atoms with Crippen molar-refractivity contribution in [2.24, 2.45) is 5.92 Å². The molecule has 0 bridgehead atoms. The Morgan fingerprint density at radius 1 is 0.923 bits per heavy atom. The van der Waals surface area contributed by atoms with Gasteiger partial charge in [-0.3, -0.25) is 19.2 Å².